The van der Waals surface area contributed by atoms with Gasteiger partial charge in [0.2, 0.25) is 0 Å². The van der Waals surface area contributed by atoms with E-state index in [1.165, 1.54) is 12.8 Å². The van der Waals surface area contributed by atoms with Crippen molar-refractivity contribution < 1.29 is 9.32 Å². The lowest BCUT2D eigenvalue weighted by atomic mass is 9.99. The molecule has 2 aliphatic heterocycles. The van der Waals surface area contributed by atoms with Crippen LogP contribution in [0.15, 0.2) is 65.2 Å². The molecule has 6 rings (SSSR count). The summed E-state index contributed by atoms with van der Waals surface area (Å²) in [4.78, 5) is 19.8. The van der Waals surface area contributed by atoms with Crippen molar-refractivity contribution in [2.45, 2.75) is 19.8 Å². The van der Waals surface area contributed by atoms with E-state index < -0.39 is 0 Å². The highest BCUT2D eigenvalue weighted by Gasteiger charge is 2.25. The van der Waals surface area contributed by atoms with Gasteiger partial charge in [0.1, 0.15) is 5.52 Å². The van der Waals surface area contributed by atoms with Crippen LogP contribution in [0.2, 0.25) is 0 Å². The summed E-state index contributed by atoms with van der Waals surface area (Å²) in [6.07, 6.45) is 2.41. The second-order valence-corrected chi connectivity index (χ2v) is 9.81. The molecule has 36 heavy (non-hydrogen) atoms. The summed E-state index contributed by atoms with van der Waals surface area (Å²) in [6.45, 7) is 7.13. The molecule has 0 aliphatic carbocycles. The maximum atomic E-state index is 13.3. The van der Waals surface area contributed by atoms with Gasteiger partial charge in [-0.2, -0.15) is 0 Å². The number of anilines is 2. The minimum Gasteiger partial charge on any atom is -0.355 e. The molecule has 0 bridgehead atoms. The number of hydrogen-bond acceptors (Lipinski definition) is 7. The molecule has 0 saturated carbocycles. The Bertz CT molecular complexity index is 1340. The molecule has 1 amide bonds. The number of amides is 1. The smallest absolute Gasteiger partial charge is 0.254 e. The average Bonchev–Trinajstić information content (AvgIpc) is 3.37. The van der Waals surface area contributed by atoms with Crippen molar-refractivity contribution >= 4 is 28.4 Å². The molecule has 0 spiro atoms. The number of carbonyl (C=O) groups is 1. The third-order valence-electron chi connectivity index (χ3n) is 7.39. The number of benzene rings is 2. The minimum absolute atomic E-state index is 0.0255. The SMILES string of the molecule is CC1CCN(c2ccc(N3CCN(C(=O)c4ccc5noc(-c6ccccc6)c5c4)CC3)nn2)CC1. The number of fused-ring (bicyclic) bond motifs is 1. The molecule has 4 aromatic rings. The van der Waals surface area contributed by atoms with Crippen molar-refractivity contribution in [2.75, 3.05) is 49.1 Å². The highest BCUT2D eigenvalue weighted by Crippen LogP contribution is 2.30. The Balaban J connectivity index is 1.11. The Labute approximate surface area is 210 Å². The average molecular weight is 483 g/mol. The van der Waals surface area contributed by atoms with Gasteiger partial charge in [-0.05, 0) is 49.1 Å². The Hall–Kier alpha value is -3.94. The van der Waals surface area contributed by atoms with Crippen LogP contribution >= 0.6 is 0 Å². The van der Waals surface area contributed by atoms with Gasteiger partial charge in [-0.3, -0.25) is 4.79 Å². The van der Waals surface area contributed by atoms with Crippen LogP contribution in [0.4, 0.5) is 11.6 Å². The summed E-state index contributed by atoms with van der Waals surface area (Å²) in [7, 11) is 0. The quantitative estimate of drug-likeness (QED) is 0.424. The molecule has 0 radical (unpaired) electrons. The first kappa shape index (κ1) is 22.5. The van der Waals surface area contributed by atoms with E-state index in [0.717, 1.165) is 60.2 Å². The van der Waals surface area contributed by atoms with Crippen molar-refractivity contribution in [3.63, 3.8) is 0 Å². The fourth-order valence-electron chi connectivity index (χ4n) is 5.09. The third kappa shape index (κ3) is 4.39. The fourth-order valence-corrected chi connectivity index (χ4v) is 5.09. The number of hydrogen-bond donors (Lipinski definition) is 0. The number of aromatic nitrogens is 3. The van der Waals surface area contributed by atoms with E-state index in [1.54, 1.807) is 0 Å². The van der Waals surface area contributed by atoms with Gasteiger partial charge in [0, 0.05) is 50.4 Å². The molecular weight excluding hydrogens is 452 g/mol. The third-order valence-corrected chi connectivity index (χ3v) is 7.39. The van der Waals surface area contributed by atoms with Gasteiger partial charge in [0.25, 0.3) is 5.91 Å². The lowest BCUT2D eigenvalue weighted by Gasteiger charge is -2.35. The Kier molecular flexibility index (Phi) is 6.01. The van der Waals surface area contributed by atoms with E-state index in [0.29, 0.717) is 24.4 Å². The van der Waals surface area contributed by atoms with E-state index in [2.05, 4.69) is 44.2 Å². The van der Waals surface area contributed by atoms with Crippen LogP contribution in [0, 0.1) is 5.92 Å². The molecule has 2 aromatic carbocycles. The second kappa shape index (κ2) is 9.60. The van der Waals surface area contributed by atoms with Crippen LogP contribution in [-0.2, 0) is 0 Å². The van der Waals surface area contributed by atoms with Gasteiger partial charge in [0.15, 0.2) is 17.4 Å². The summed E-state index contributed by atoms with van der Waals surface area (Å²) in [5.74, 6) is 3.33. The molecule has 8 heteroatoms. The van der Waals surface area contributed by atoms with Crippen LogP contribution in [0.5, 0.6) is 0 Å². The Morgan fingerprint density at radius 2 is 1.50 bits per heavy atom. The van der Waals surface area contributed by atoms with E-state index in [9.17, 15) is 4.79 Å². The zero-order valence-electron chi connectivity index (χ0n) is 20.5. The van der Waals surface area contributed by atoms with Crippen molar-refractivity contribution in [1.29, 1.82) is 0 Å². The van der Waals surface area contributed by atoms with Crippen molar-refractivity contribution in [2.24, 2.45) is 5.92 Å². The highest BCUT2D eigenvalue weighted by atomic mass is 16.5. The summed E-state index contributed by atoms with van der Waals surface area (Å²) in [5.41, 5.74) is 2.34. The van der Waals surface area contributed by atoms with Crippen LogP contribution in [-0.4, -0.2) is 65.4 Å². The van der Waals surface area contributed by atoms with Crippen LogP contribution in [0.25, 0.3) is 22.2 Å². The minimum atomic E-state index is 0.0255. The number of piperidine rings is 1. The number of carbonyl (C=O) groups excluding carboxylic acids is 1. The predicted molar refractivity (Wildman–Crippen MR) is 140 cm³/mol. The van der Waals surface area contributed by atoms with Crippen molar-refractivity contribution in [3.05, 3.63) is 66.2 Å². The molecule has 4 heterocycles. The first-order chi connectivity index (χ1) is 17.7. The molecule has 2 aromatic heterocycles. The van der Waals surface area contributed by atoms with Gasteiger partial charge in [-0.1, -0.05) is 42.4 Å². The molecule has 0 atom stereocenters. The normalized spacial score (nSPS) is 17.1. The summed E-state index contributed by atoms with van der Waals surface area (Å²) in [5, 5.41) is 14.0. The molecule has 2 saturated heterocycles. The van der Waals surface area contributed by atoms with E-state index in [-0.39, 0.29) is 5.91 Å². The largest absolute Gasteiger partial charge is 0.355 e. The number of nitrogens with zero attached hydrogens (tertiary/aromatic N) is 6. The van der Waals surface area contributed by atoms with Gasteiger partial charge < -0.3 is 19.2 Å². The second-order valence-electron chi connectivity index (χ2n) is 9.81. The zero-order chi connectivity index (χ0) is 24.5. The van der Waals surface area contributed by atoms with Crippen molar-refractivity contribution in [1.82, 2.24) is 20.3 Å². The monoisotopic (exact) mass is 482 g/mol. The highest BCUT2D eigenvalue weighted by molar-refractivity contribution is 6.01. The molecule has 8 nitrogen and oxygen atoms in total. The van der Waals surface area contributed by atoms with E-state index >= 15 is 0 Å². The molecule has 0 N–H and O–H groups in total. The number of rotatable bonds is 4. The maximum Gasteiger partial charge on any atom is 0.254 e. The molecule has 2 fully saturated rings. The van der Waals surface area contributed by atoms with Crippen LogP contribution in [0.1, 0.15) is 30.1 Å². The molecular formula is C28H30N6O2. The van der Waals surface area contributed by atoms with Gasteiger partial charge >= 0.3 is 0 Å². The molecule has 2 aliphatic rings. The van der Waals surface area contributed by atoms with Crippen LogP contribution in [0.3, 0.4) is 0 Å². The van der Waals surface area contributed by atoms with Crippen LogP contribution < -0.4 is 9.80 Å². The van der Waals surface area contributed by atoms with Gasteiger partial charge in [-0.25, -0.2) is 0 Å². The number of piperazine rings is 1. The topological polar surface area (TPSA) is 78.6 Å². The standard InChI is InChI=1S/C28H30N6O2/c1-20-11-13-32(14-12-20)25-9-10-26(30-29-25)33-15-17-34(18-16-33)28(35)22-7-8-24-23(19-22)27(36-31-24)21-5-3-2-4-6-21/h2-10,19-20H,11-18H2,1H3. The van der Waals surface area contributed by atoms with E-state index in [1.807, 2.05) is 53.4 Å². The van der Waals surface area contributed by atoms with Gasteiger partial charge in [-0.15, -0.1) is 10.2 Å². The summed E-state index contributed by atoms with van der Waals surface area (Å²) < 4.78 is 5.60. The van der Waals surface area contributed by atoms with E-state index in [4.69, 9.17) is 4.52 Å². The lowest BCUT2D eigenvalue weighted by Crippen LogP contribution is -2.49. The first-order valence-electron chi connectivity index (χ1n) is 12.7. The maximum absolute atomic E-state index is 13.3. The zero-order valence-corrected chi connectivity index (χ0v) is 20.5. The Morgan fingerprint density at radius 3 is 2.17 bits per heavy atom. The first-order valence-corrected chi connectivity index (χ1v) is 12.7. The Morgan fingerprint density at radius 1 is 0.833 bits per heavy atom. The fraction of sp³-hybridized carbons (Fsp3) is 0.357. The summed E-state index contributed by atoms with van der Waals surface area (Å²) in [6, 6.07) is 19.6. The van der Waals surface area contributed by atoms with Gasteiger partial charge in [0.05, 0.1) is 5.39 Å². The molecule has 184 valence electrons. The summed E-state index contributed by atoms with van der Waals surface area (Å²) >= 11 is 0. The van der Waals surface area contributed by atoms with Crippen molar-refractivity contribution in [3.8, 4) is 11.3 Å². The predicted octanol–water partition coefficient (Wildman–Crippen LogP) is 4.48. The molecule has 0 unspecified atom stereocenters. The lowest BCUT2D eigenvalue weighted by molar-refractivity contribution is 0.0746.